The van der Waals surface area contributed by atoms with Gasteiger partial charge < -0.3 is 10.1 Å². The van der Waals surface area contributed by atoms with Crippen LogP contribution in [0.5, 0.6) is 5.75 Å². The Morgan fingerprint density at radius 3 is 2.67 bits per heavy atom. The molecule has 0 aliphatic heterocycles. The van der Waals surface area contributed by atoms with Crippen molar-refractivity contribution in [3.05, 3.63) is 51.8 Å². The molecule has 112 valence electrons. The Hall–Kier alpha value is -1.59. The predicted molar refractivity (Wildman–Crippen MR) is 79.4 cm³/mol. The highest BCUT2D eigenvalue weighted by Gasteiger charge is 2.11. The van der Waals surface area contributed by atoms with Crippen LogP contribution < -0.4 is 10.1 Å². The normalized spacial score (nSPS) is 10.8. The molecule has 1 aromatic heterocycles. The molecule has 0 atom stereocenters. The van der Waals surface area contributed by atoms with Crippen LogP contribution in [-0.4, -0.2) is 11.6 Å². The molecule has 21 heavy (non-hydrogen) atoms. The van der Waals surface area contributed by atoms with Crippen molar-refractivity contribution >= 4 is 28.9 Å². The van der Waals surface area contributed by atoms with E-state index in [1.807, 2.05) is 0 Å². The van der Waals surface area contributed by atoms with E-state index < -0.39 is 6.61 Å². The van der Waals surface area contributed by atoms with Crippen molar-refractivity contribution in [2.24, 2.45) is 0 Å². The number of anilines is 1. The van der Waals surface area contributed by atoms with E-state index in [0.717, 1.165) is 5.69 Å². The van der Waals surface area contributed by atoms with Crippen LogP contribution in [0.15, 0.2) is 30.3 Å². The van der Waals surface area contributed by atoms with Crippen LogP contribution >= 0.6 is 23.2 Å². The molecular weight excluding hydrogens is 321 g/mol. The number of nitrogens with zero attached hydrogens (tertiary/aromatic N) is 1. The van der Waals surface area contributed by atoms with E-state index in [2.05, 4.69) is 15.0 Å². The van der Waals surface area contributed by atoms with Crippen LogP contribution in [0.4, 0.5) is 14.5 Å². The van der Waals surface area contributed by atoms with Crippen LogP contribution in [0.25, 0.3) is 0 Å². The van der Waals surface area contributed by atoms with Gasteiger partial charge in [-0.1, -0.05) is 23.2 Å². The van der Waals surface area contributed by atoms with E-state index in [4.69, 9.17) is 23.2 Å². The Labute approximate surface area is 130 Å². The van der Waals surface area contributed by atoms with Crippen molar-refractivity contribution in [2.45, 2.75) is 20.1 Å². The number of ether oxygens (including phenoxy) is 1. The number of aryl methyl sites for hydroxylation is 1. The molecule has 0 saturated heterocycles. The summed E-state index contributed by atoms with van der Waals surface area (Å²) >= 11 is 11.7. The zero-order valence-corrected chi connectivity index (χ0v) is 12.6. The Balaban J connectivity index is 2.16. The van der Waals surface area contributed by atoms with Crippen LogP contribution in [-0.2, 0) is 6.54 Å². The third-order valence-electron chi connectivity index (χ3n) is 2.76. The van der Waals surface area contributed by atoms with Gasteiger partial charge in [-0.25, -0.2) is 4.98 Å². The lowest BCUT2D eigenvalue weighted by atomic mass is 10.2. The molecule has 7 heteroatoms. The lowest BCUT2D eigenvalue weighted by molar-refractivity contribution is -0.0504. The number of pyridine rings is 1. The quantitative estimate of drug-likeness (QED) is 0.790. The standard InChI is InChI=1S/C14H12Cl2F2N2O/c1-8-11(3-5-13(16)20-8)19-7-9-6-10(15)2-4-12(9)21-14(17)18/h2-6,14,19H,7H2,1H3. The molecule has 3 nitrogen and oxygen atoms in total. The molecule has 2 rings (SSSR count). The van der Waals surface area contributed by atoms with Gasteiger partial charge in [0.15, 0.2) is 0 Å². The third-order valence-corrected chi connectivity index (χ3v) is 3.21. The second-order valence-electron chi connectivity index (χ2n) is 4.25. The lowest BCUT2D eigenvalue weighted by Crippen LogP contribution is -2.08. The molecule has 0 aliphatic rings. The summed E-state index contributed by atoms with van der Waals surface area (Å²) in [4.78, 5) is 4.10. The van der Waals surface area contributed by atoms with Crippen molar-refractivity contribution < 1.29 is 13.5 Å². The van der Waals surface area contributed by atoms with Gasteiger partial charge in [0.25, 0.3) is 0 Å². The van der Waals surface area contributed by atoms with Crippen LogP contribution in [0.3, 0.4) is 0 Å². The van der Waals surface area contributed by atoms with Gasteiger partial charge in [0, 0.05) is 17.1 Å². The van der Waals surface area contributed by atoms with Gasteiger partial charge in [0.05, 0.1) is 11.4 Å². The van der Waals surface area contributed by atoms with E-state index in [0.29, 0.717) is 21.4 Å². The smallest absolute Gasteiger partial charge is 0.387 e. The number of hydrogen-bond donors (Lipinski definition) is 1. The minimum Gasteiger partial charge on any atom is -0.434 e. The second-order valence-corrected chi connectivity index (χ2v) is 5.07. The number of alkyl halides is 2. The molecule has 1 N–H and O–H groups in total. The highest BCUT2D eigenvalue weighted by atomic mass is 35.5. The first-order valence-electron chi connectivity index (χ1n) is 6.06. The maximum atomic E-state index is 12.4. The minimum absolute atomic E-state index is 0.0847. The Kier molecular flexibility index (Phi) is 5.20. The number of halogens is 4. The first-order chi connectivity index (χ1) is 9.95. The fourth-order valence-corrected chi connectivity index (χ4v) is 2.19. The van der Waals surface area contributed by atoms with Crippen LogP contribution in [0.2, 0.25) is 10.2 Å². The molecular formula is C14H12Cl2F2N2O. The summed E-state index contributed by atoms with van der Waals surface area (Å²) in [6.45, 7) is -0.820. The van der Waals surface area contributed by atoms with Crippen LogP contribution in [0.1, 0.15) is 11.3 Å². The van der Waals surface area contributed by atoms with E-state index in [1.54, 1.807) is 25.1 Å². The number of nitrogens with one attached hydrogen (secondary N) is 1. The van der Waals surface area contributed by atoms with Crippen molar-refractivity contribution in [3.8, 4) is 5.75 Å². The molecule has 0 radical (unpaired) electrons. The van der Waals surface area contributed by atoms with Crippen LogP contribution in [0, 0.1) is 6.92 Å². The number of hydrogen-bond acceptors (Lipinski definition) is 3. The Morgan fingerprint density at radius 2 is 2.00 bits per heavy atom. The molecule has 0 spiro atoms. The first kappa shape index (κ1) is 15.8. The molecule has 0 unspecified atom stereocenters. The topological polar surface area (TPSA) is 34.2 Å². The van der Waals surface area contributed by atoms with E-state index in [1.165, 1.54) is 12.1 Å². The number of aromatic nitrogens is 1. The van der Waals surface area contributed by atoms with E-state index >= 15 is 0 Å². The van der Waals surface area contributed by atoms with E-state index in [-0.39, 0.29) is 12.3 Å². The largest absolute Gasteiger partial charge is 0.434 e. The van der Waals surface area contributed by atoms with Gasteiger partial charge in [-0.3, -0.25) is 0 Å². The SMILES string of the molecule is Cc1nc(Cl)ccc1NCc1cc(Cl)ccc1OC(F)F. The number of benzene rings is 1. The van der Waals surface area contributed by atoms with Gasteiger partial charge in [-0.15, -0.1) is 0 Å². The van der Waals surface area contributed by atoms with Crippen molar-refractivity contribution in [2.75, 3.05) is 5.32 Å². The molecule has 0 saturated carbocycles. The zero-order valence-electron chi connectivity index (χ0n) is 11.0. The third kappa shape index (κ3) is 4.44. The monoisotopic (exact) mass is 332 g/mol. The van der Waals surface area contributed by atoms with Gasteiger partial charge >= 0.3 is 6.61 Å². The highest BCUT2D eigenvalue weighted by Crippen LogP contribution is 2.26. The second kappa shape index (κ2) is 6.91. The minimum atomic E-state index is -2.89. The summed E-state index contributed by atoms with van der Waals surface area (Å²) in [6.07, 6.45) is 0. The predicted octanol–water partition coefficient (Wildman–Crippen LogP) is 4.91. The molecule has 0 fully saturated rings. The number of rotatable bonds is 5. The Bertz CT molecular complexity index is 638. The fourth-order valence-electron chi connectivity index (χ4n) is 1.80. The molecule has 0 amide bonds. The average Bonchev–Trinajstić information content (AvgIpc) is 2.40. The summed E-state index contributed by atoms with van der Waals surface area (Å²) in [5.74, 6) is 0.0847. The molecule has 1 aromatic carbocycles. The van der Waals surface area contributed by atoms with E-state index in [9.17, 15) is 8.78 Å². The highest BCUT2D eigenvalue weighted by molar-refractivity contribution is 6.30. The molecule has 1 heterocycles. The fraction of sp³-hybridized carbons (Fsp3) is 0.214. The summed E-state index contributed by atoms with van der Waals surface area (Å²) in [5.41, 5.74) is 1.99. The van der Waals surface area contributed by atoms with Gasteiger partial charge in [0.1, 0.15) is 10.9 Å². The van der Waals surface area contributed by atoms with Crippen molar-refractivity contribution in [3.63, 3.8) is 0 Å². The van der Waals surface area contributed by atoms with Gasteiger partial charge in [-0.05, 0) is 37.3 Å². The Morgan fingerprint density at radius 1 is 1.24 bits per heavy atom. The summed E-state index contributed by atoms with van der Waals surface area (Å²) in [7, 11) is 0. The maximum Gasteiger partial charge on any atom is 0.387 e. The maximum absolute atomic E-state index is 12.4. The van der Waals surface area contributed by atoms with Gasteiger partial charge in [-0.2, -0.15) is 8.78 Å². The van der Waals surface area contributed by atoms with Crippen molar-refractivity contribution in [1.82, 2.24) is 4.98 Å². The zero-order chi connectivity index (χ0) is 15.4. The average molecular weight is 333 g/mol. The van der Waals surface area contributed by atoms with Crippen molar-refractivity contribution in [1.29, 1.82) is 0 Å². The summed E-state index contributed by atoms with van der Waals surface area (Å²) in [6, 6.07) is 7.90. The molecule has 2 aromatic rings. The summed E-state index contributed by atoms with van der Waals surface area (Å²) < 4.78 is 29.2. The summed E-state index contributed by atoms with van der Waals surface area (Å²) in [5, 5.41) is 3.93. The molecule has 0 aliphatic carbocycles. The molecule has 0 bridgehead atoms. The lowest BCUT2D eigenvalue weighted by Gasteiger charge is -2.13. The van der Waals surface area contributed by atoms with Gasteiger partial charge in [0.2, 0.25) is 0 Å². The first-order valence-corrected chi connectivity index (χ1v) is 6.81.